The number of benzene rings is 3. The van der Waals surface area contributed by atoms with E-state index in [0.29, 0.717) is 12.1 Å². The van der Waals surface area contributed by atoms with Gasteiger partial charge in [0.25, 0.3) is 0 Å². The lowest BCUT2D eigenvalue weighted by Crippen LogP contribution is -2.41. The van der Waals surface area contributed by atoms with Crippen molar-refractivity contribution < 1.29 is 14.6 Å². The minimum atomic E-state index is -0.0668. The zero-order chi connectivity index (χ0) is 21.4. The van der Waals surface area contributed by atoms with Crippen LogP contribution in [0.5, 0.6) is 5.75 Å². The van der Waals surface area contributed by atoms with E-state index in [4.69, 9.17) is 4.74 Å². The van der Waals surface area contributed by atoms with Crippen LogP contribution in [0.15, 0.2) is 66.7 Å². The summed E-state index contributed by atoms with van der Waals surface area (Å²) in [5, 5.41) is 10.1. The van der Waals surface area contributed by atoms with Crippen LogP contribution in [-0.4, -0.2) is 30.8 Å². The number of aryl methyl sites for hydroxylation is 1. The molecular formula is C27H27NO3. The minimum absolute atomic E-state index is 0.0224. The fourth-order valence-corrected chi connectivity index (χ4v) is 4.93. The number of para-hydroxylation sites is 1. The smallest absolute Gasteiger partial charge is 0.231 e. The number of anilines is 1. The summed E-state index contributed by atoms with van der Waals surface area (Å²) in [7, 11) is 0. The van der Waals surface area contributed by atoms with Gasteiger partial charge in [-0.05, 0) is 54.7 Å². The molecule has 2 heterocycles. The Hall–Kier alpha value is -3.11. The van der Waals surface area contributed by atoms with Crippen molar-refractivity contribution in [1.82, 2.24) is 0 Å². The molecule has 0 radical (unpaired) electrons. The average Bonchev–Trinajstić information content (AvgIpc) is 3.10. The zero-order valence-electron chi connectivity index (χ0n) is 17.8. The Morgan fingerprint density at radius 2 is 1.71 bits per heavy atom. The van der Waals surface area contributed by atoms with Crippen molar-refractivity contribution in [1.29, 1.82) is 0 Å². The summed E-state index contributed by atoms with van der Waals surface area (Å²) < 4.78 is 5.67. The van der Waals surface area contributed by atoms with Crippen LogP contribution in [0.3, 0.4) is 0 Å². The number of carbonyl (C=O) groups is 1. The van der Waals surface area contributed by atoms with E-state index in [9.17, 15) is 9.90 Å². The van der Waals surface area contributed by atoms with E-state index in [1.165, 1.54) is 22.3 Å². The molecule has 5 rings (SSSR count). The molecule has 0 bridgehead atoms. The van der Waals surface area contributed by atoms with Gasteiger partial charge in [-0.1, -0.05) is 54.1 Å². The minimum Gasteiger partial charge on any atom is -0.508 e. The number of fused-ring (bicyclic) bond motifs is 2. The molecule has 1 saturated heterocycles. The lowest BCUT2D eigenvalue weighted by molar-refractivity contribution is -0.118. The highest BCUT2D eigenvalue weighted by molar-refractivity contribution is 5.98. The molecule has 1 amide bonds. The maximum atomic E-state index is 13.3. The van der Waals surface area contributed by atoms with Crippen LogP contribution in [0, 0.1) is 6.92 Å². The molecule has 2 aliphatic heterocycles. The summed E-state index contributed by atoms with van der Waals surface area (Å²) in [4.78, 5) is 15.3. The molecule has 1 N–H and O–H groups in total. The summed E-state index contributed by atoms with van der Waals surface area (Å²) in [6, 6.07) is 22.1. The Kier molecular flexibility index (Phi) is 5.03. The molecule has 1 fully saturated rings. The van der Waals surface area contributed by atoms with E-state index < -0.39 is 0 Å². The quantitative estimate of drug-likeness (QED) is 0.657. The number of ether oxygens (including phenoxy) is 1. The van der Waals surface area contributed by atoms with Gasteiger partial charge in [-0.25, -0.2) is 0 Å². The van der Waals surface area contributed by atoms with Crippen LogP contribution in [-0.2, 0) is 21.4 Å². The largest absolute Gasteiger partial charge is 0.508 e. The summed E-state index contributed by atoms with van der Waals surface area (Å²) in [6.45, 7) is 4.21. The topological polar surface area (TPSA) is 49.8 Å². The predicted molar refractivity (Wildman–Crippen MR) is 123 cm³/mol. The van der Waals surface area contributed by atoms with Gasteiger partial charge in [0, 0.05) is 36.4 Å². The van der Waals surface area contributed by atoms with Crippen molar-refractivity contribution in [3.63, 3.8) is 0 Å². The normalized spacial score (nSPS) is 17.0. The van der Waals surface area contributed by atoms with Gasteiger partial charge in [0.2, 0.25) is 5.91 Å². The SMILES string of the molecule is Cc1ccc(-c2ccc3c(c2)C2(CCOCC2)CN3C(=O)Cc2ccccc2O)cc1. The monoisotopic (exact) mass is 413 g/mol. The number of phenolic OH excluding ortho intramolecular Hbond substituents is 1. The molecule has 0 atom stereocenters. The van der Waals surface area contributed by atoms with E-state index in [1.807, 2.05) is 17.0 Å². The van der Waals surface area contributed by atoms with Crippen molar-refractivity contribution in [3.05, 3.63) is 83.4 Å². The summed E-state index contributed by atoms with van der Waals surface area (Å²) in [5.74, 6) is 0.194. The lowest BCUT2D eigenvalue weighted by Gasteiger charge is -2.34. The van der Waals surface area contributed by atoms with E-state index in [0.717, 1.165) is 31.7 Å². The van der Waals surface area contributed by atoms with Crippen LogP contribution < -0.4 is 4.90 Å². The molecule has 3 aromatic rings. The molecule has 0 saturated carbocycles. The third-order valence-electron chi connectivity index (χ3n) is 6.79. The number of carbonyl (C=O) groups excluding carboxylic acids is 1. The van der Waals surface area contributed by atoms with E-state index in [2.05, 4.69) is 49.4 Å². The van der Waals surface area contributed by atoms with Gasteiger partial charge in [0.05, 0.1) is 6.42 Å². The van der Waals surface area contributed by atoms with E-state index in [1.54, 1.807) is 12.1 Å². The standard InChI is InChI=1S/C27H27NO3/c1-19-6-8-20(9-7-19)21-10-11-24-23(16-21)27(12-14-31-15-13-27)18-28(24)26(30)17-22-4-2-3-5-25(22)29/h2-11,16,29H,12-15,17-18H2,1H3. The molecule has 0 unspecified atom stereocenters. The molecule has 31 heavy (non-hydrogen) atoms. The maximum absolute atomic E-state index is 13.3. The van der Waals surface area contributed by atoms with Crippen LogP contribution in [0.25, 0.3) is 11.1 Å². The van der Waals surface area contributed by atoms with Crippen LogP contribution in [0.2, 0.25) is 0 Å². The zero-order valence-corrected chi connectivity index (χ0v) is 17.8. The van der Waals surface area contributed by atoms with Crippen LogP contribution >= 0.6 is 0 Å². The maximum Gasteiger partial charge on any atom is 0.231 e. The van der Waals surface area contributed by atoms with Gasteiger partial charge in [-0.3, -0.25) is 4.79 Å². The number of amides is 1. The molecular weight excluding hydrogens is 386 g/mol. The third-order valence-corrected chi connectivity index (χ3v) is 6.79. The van der Waals surface area contributed by atoms with Gasteiger partial charge < -0.3 is 14.7 Å². The van der Waals surface area contributed by atoms with Gasteiger partial charge in [0.1, 0.15) is 5.75 Å². The van der Waals surface area contributed by atoms with Crippen LogP contribution in [0.4, 0.5) is 5.69 Å². The van der Waals surface area contributed by atoms with Crippen molar-refractivity contribution >= 4 is 11.6 Å². The summed E-state index contributed by atoms with van der Waals surface area (Å²) in [6.07, 6.45) is 2.02. The first kappa shape index (κ1) is 19.8. The average molecular weight is 414 g/mol. The number of hydrogen-bond donors (Lipinski definition) is 1. The van der Waals surface area contributed by atoms with Crippen molar-refractivity contribution in [2.24, 2.45) is 0 Å². The first-order valence-corrected chi connectivity index (χ1v) is 10.9. The first-order valence-electron chi connectivity index (χ1n) is 10.9. The molecule has 3 aromatic carbocycles. The van der Waals surface area contributed by atoms with E-state index in [-0.39, 0.29) is 23.5 Å². The van der Waals surface area contributed by atoms with Gasteiger partial charge >= 0.3 is 0 Å². The summed E-state index contributed by atoms with van der Waals surface area (Å²) >= 11 is 0. The fourth-order valence-electron chi connectivity index (χ4n) is 4.93. The van der Waals surface area contributed by atoms with Crippen molar-refractivity contribution in [2.75, 3.05) is 24.7 Å². The number of rotatable bonds is 3. The number of nitrogens with zero attached hydrogens (tertiary/aromatic N) is 1. The lowest BCUT2D eigenvalue weighted by atomic mass is 9.75. The number of phenols is 1. The second-order valence-corrected chi connectivity index (χ2v) is 8.78. The Bertz CT molecular complexity index is 1110. The second kappa shape index (κ2) is 7.86. The Labute approximate surface area is 183 Å². The molecule has 4 heteroatoms. The Morgan fingerprint density at radius 1 is 1.00 bits per heavy atom. The molecule has 1 spiro atoms. The molecule has 158 valence electrons. The van der Waals surface area contributed by atoms with Crippen molar-refractivity contribution in [2.45, 2.75) is 31.6 Å². The Morgan fingerprint density at radius 3 is 2.45 bits per heavy atom. The third kappa shape index (κ3) is 3.61. The van der Waals surface area contributed by atoms with Crippen molar-refractivity contribution in [3.8, 4) is 16.9 Å². The highest BCUT2D eigenvalue weighted by Crippen LogP contribution is 2.48. The van der Waals surface area contributed by atoms with Gasteiger partial charge in [-0.15, -0.1) is 0 Å². The molecule has 4 nitrogen and oxygen atoms in total. The number of hydrogen-bond acceptors (Lipinski definition) is 3. The first-order chi connectivity index (χ1) is 15.1. The molecule has 0 aromatic heterocycles. The predicted octanol–water partition coefficient (Wildman–Crippen LogP) is 5.01. The highest BCUT2D eigenvalue weighted by Gasteiger charge is 2.45. The Balaban J connectivity index is 1.52. The van der Waals surface area contributed by atoms with Gasteiger partial charge in [-0.2, -0.15) is 0 Å². The molecule has 0 aliphatic carbocycles. The number of aromatic hydroxyl groups is 1. The van der Waals surface area contributed by atoms with Gasteiger partial charge in [0.15, 0.2) is 0 Å². The highest BCUT2D eigenvalue weighted by atomic mass is 16.5. The summed E-state index contributed by atoms with van der Waals surface area (Å²) in [5.41, 5.74) is 6.46. The van der Waals surface area contributed by atoms with E-state index >= 15 is 0 Å². The fraction of sp³-hybridized carbons (Fsp3) is 0.296. The molecule has 2 aliphatic rings. The second-order valence-electron chi connectivity index (χ2n) is 8.78. The van der Waals surface area contributed by atoms with Crippen LogP contribution in [0.1, 0.15) is 29.5 Å².